The Morgan fingerprint density at radius 2 is 1.48 bits per heavy atom. The van der Waals surface area contributed by atoms with Gasteiger partial charge in [0, 0.05) is 31.2 Å². The van der Waals surface area contributed by atoms with Gasteiger partial charge in [-0.1, -0.05) is 24.3 Å². The van der Waals surface area contributed by atoms with Crippen LogP contribution in [0.3, 0.4) is 0 Å². The fourth-order valence-electron chi connectivity index (χ4n) is 7.11. The highest BCUT2D eigenvalue weighted by Crippen LogP contribution is 2.64. The van der Waals surface area contributed by atoms with Crippen LogP contribution in [-0.4, -0.2) is 11.6 Å². The van der Waals surface area contributed by atoms with Crippen molar-refractivity contribution in [2.45, 2.75) is 81.8 Å². The van der Waals surface area contributed by atoms with Crippen LogP contribution in [0.15, 0.2) is 24.3 Å². The Kier molecular flexibility index (Phi) is 3.79. The molecule has 4 heteroatoms. The maximum atomic E-state index is 6.81. The molecule has 4 nitrogen and oxygen atoms in total. The molecule has 2 spiro atoms. The van der Waals surface area contributed by atoms with Crippen LogP contribution in [0.25, 0.3) is 0 Å². The number of nitrogens with two attached hydrogens (primary N) is 1. The average molecular weight is 370 g/mol. The standard InChI is InChI=1S/C23H31NO3/c24-14-15-1-3-18(4-2-15)19-5-7-22(8-6-19)25-23(27-26-22)20-10-16-9-17(12-20)13-21(23)11-16/h1-4,16-17,19-21H,5-14,24H2/t16?,17?,19-,20?,21?,22+,23-. The summed E-state index contributed by atoms with van der Waals surface area (Å²) in [5, 5.41) is 0. The second-order valence-electron chi connectivity index (χ2n) is 9.93. The molecular formula is C23H31NO3. The van der Waals surface area contributed by atoms with Gasteiger partial charge < -0.3 is 10.5 Å². The molecule has 7 rings (SSSR count). The zero-order valence-electron chi connectivity index (χ0n) is 16.1. The van der Waals surface area contributed by atoms with Crippen LogP contribution in [-0.2, 0) is 21.1 Å². The van der Waals surface area contributed by atoms with Crippen LogP contribution < -0.4 is 5.73 Å². The van der Waals surface area contributed by atoms with Crippen LogP contribution in [0.5, 0.6) is 0 Å². The van der Waals surface area contributed by atoms with E-state index >= 15 is 0 Å². The first-order valence-electron chi connectivity index (χ1n) is 11.0. The van der Waals surface area contributed by atoms with Crippen LogP contribution >= 0.6 is 0 Å². The minimum Gasteiger partial charge on any atom is -0.326 e. The zero-order valence-corrected chi connectivity index (χ0v) is 16.1. The van der Waals surface area contributed by atoms with Gasteiger partial charge in [0.05, 0.1) is 0 Å². The first-order valence-corrected chi connectivity index (χ1v) is 11.0. The molecule has 6 fully saturated rings. The van der Waals surface area contributed by atoms with Crippen molar-refractivity contribution in [2.24, 2.45) is 29.4 Å². The first kappa shape index (κ1) is 17.0. The molecule has 5 saturated carbocycles. The molecule has 146 valence electrons. The smallest absolute Gasteiger partial charge is 0.210 e. The van der Waals surface area contributed by atoms with Crippen molar-refractivity contribution in [1.82, 2.24) is 0 Å². The second-order valence-corrected chi connectivity index (χ2v) is 9.93. The lowest BCUT2D eigenvalue weighted by Crippen LogP contribution is -2.59. The number of hydrogen-bond acceptors (Lipinski definition) is 4. The Labute approximate surface area is 161 Å². The van der Waals surface area contributed by atoms with Gasteiger partial charge in [-0.15, -0.1) is 0 Å². The largest absolute Gasteiger partial charge is 0.326 e. The molecular weight excluding hydrogens is 338 g/mol. The average Bonchev–Trinajstić information content (AvgIpc) is 3.07. The molecule has 0 amide bonds. The molecule has 1 aromatic rings. The predicted molar refractivity (Wildman–Crippen MR) is 101 cm³/mol. The third kappa shape index (κ3) is 2.57. The molecule has 1 heterocycles. The summed E-state index contributed by atoms with van der Waals surface area (Å²) >= 11 is 0. The number of rotatable bonds is 2. The third-order valence-corrected chi connectivity index (χ3v) is 8.38. The van der Waals surface area contributed by atoms with Crippen molar-refractivity contribution in [1.29, 1.82) is 0 Å². The van der Waals surface area contributed by atoms with Gasteiger partial charge in [-0.2, -0.15) is 9.78 Å². The lowest BCUT2D eigenvalue weighted by molar-refractivity contribution is -0.390. The van der Waals surface area contributed by atoms with Gasteiger partial charge >= 0.3 is 0 Å². The molecule has 2 N–H and O–H groups in total. The van der Waals surface area contributed by atoms with Crippen molar-refractivity contribution in [3.05, 3.63) is 35.4 Å². The predicted octanol–water partition coefficient (Wildman–Crippen LogP) is 4.63. The summed E-state index contributed by atoms with van der Waals surface area (Å²) in [5.74, 6) is 2.59. The lowest BCUT2D eigenvalue weighted by atomic mass is 9.53. The Morgan fingerprint density at radius 3 is 2.07 bits per heavy atom. The molecule has 1 saturated heterocycles. The second kappa shape index (κ2) is 6.03. The van der Waals surface area contributed by atoms with E-state index in [1.54, 1.807) is 0 Å². The van der Waals surface area contributed by atoms with Gasteiger partial charge in [0.2, 0.25) is 11.6 Å². The molecule has 27 heavy (non-hydrogen) atoms. The quantitative estimate of drug-likeness (QED) is 0.772. The van der Waals surface area contributed by atoms with E-state index in [9.17, 15) is 0 Å². The topological polar surface area (TPSA) is 53.7 Å². The van der Waals surface area contributed by atoms with Gasteiger partial charge in [0.25, 0.3) is 0 Å². The molecule has 0 unspecified atom stereocenters. The fraction of sp³-hybridized carbons (Fsp3) is 0.739. The van der Waals surface area contributed by atoms with Crippen molar-refractivity contribution < 1.29 is 14.5 Å². The maximum absolute atomic E-state index is 6.81. The summed E-state index contributed by atoms with van der Waals surface area (Å²) < 4.78 is 6.81. The molecule has 1 aromatic carbocycles. The van der Waals surface area contributed by atoms with Crippen molar-refractivity contribution in [2.75, 3.05) is 0 Å². The highest BCUT2D eigenvalue weighted by atomic mass is 17.3. The zero-order chi connectivity index (χ0) is 18.1. The summed E-state index contributed by atoms with van der Waals surface area (Å²) in [6.07, 6.45) is 10.6. The van der Waals surface area contributed by atoms with Crippen LogP contribution in [0, 0.1) is 23.7 Å². The van der Waals surface area contributed by atoms with E-state index in [1.807, 2.05) is 0 Å². The summed E-state index contributed by atoms with van der Waals surface area (Å²) in [6.45, 7) is 0.610. The van der Waals surface area contributed by atoms with E-state index in [2.05, 4.69) is 24.3 Å². The van der Waals surface area contributed by atoms with Gasteiger partial charge in [0.15, 0.2) is 0 Å². The van der Waals surface area contributed by atoms with Crippen LogP contribution in [0.1, 0.15) is 74.8 Å². The van der Waals surface area contributed by atoms with Gasteiger partial charge in [-0.3, -0.25) is 0 Å². The van der Waals surface area contributed by atoms with E-state index < -0.39 is 11.6 Å². The summed E-state index contributed by atoms with van der Waals surface area (Å²) in [5.41, 5.74) is 8.35. The molecule has 5 aliphatic carbocycles. The molecule has 6 aliphatic rings. The Hall–Kier alpha value is -0.940. The molecule has 0 aromatic heterocycles. The highest BCUT2D eigenvalue weighted by Gasteiger charge is 2.66. The Bertz CT molecular complexity index is 679. The Morgan fingerprint density at radius 1 is 0.852 bits per heavy atom. The van der Waals surface area contributed by atoms with Gasteiger partial charge in [0.1, 0.15) is 0 Å². The van der Waals surface area contributed by atoms with E-state index in [1.165, 1.54) is 43.2 Å². The van der Waals surface area contributed by atoms with E-state index in [4.69, 9.17) is 20.2 Å². The summed E-state index contributed by atoms with van der Waals surface area (Å²) in [4.78, 5) is 12.2. The van der Waals surface area contributed by atoms with Crippen LogP contribution in [0.2, 0.25) is 0 Å². The molecule has 0 radical (unpaired) electrons. The Balaban J connectivity index is 1.16. The van der Waals surface area contributed by atoms with E-state index in [0.717, 1.165) is 37.5 Å². The normalized spacial score (nSPS) is 48.0. The first-order chi connectivity index (χ1) is 13.2. The maximum Gasteiger partial charge on any atom is 0.210 e. The number of ether oxygens (including phenoxy) is 1. The highest BCUT2D eigenvalue weighted by molar-refractivity contribution is 5.26. The summed E-state index contributed by atoms with van der Waals surface area (Å²) in [6, 6.07) is 8.82. The monoisotopic (exact) mass is 369 g/mol. The van der Waals surface area contributed by atoms with Crippen LogP contribution in [0.4, 0.5) is 0 Å². The molecule has 0 atom stereocenters. The minimum absolute atomic E-state index is 0.428. The third-order valence-electron chi connectivity index (χ3n) is 8.38. The lowest BCUT2D eigenvalue weighted by Gasteiger charge is -2.57. The SMILES string of the molecule is NCc1ccc([C@H]2CC[C@]3(CC2)OO[C@]2(O3)C3CC4CC(C3)CC2C4)cc1. The van der Waals surface area contributed by atoms with E-state index in [-0.39, 0.29) is 0 Å². The summed E-state index contributed by atoms with van der Waals surface area (Å²) in [7, 11) is 0. The van der Waals surface area contributed by atoms with Crippen molar-refractivity contribution >= 4 is 0 Å². The van der Waals surface area contributed by atoms with Gasteiger partial charge in [-0.05, 0) is 73.8 Å². The fourth-order valence-corrected chi connectivity index (χ4v) is 7.11. The minimum atomic E-state index is -0.497. The van der Waals surface area contributed by atoms with Gasteiger partial charge in [-0.25, -0.2) is 0 Å². The molecule has 1 aliphatic heterocycles. The number of benzene rings is 1. The van der Waals surface area contributed by atoms with Crippen molar-refractivity contribution in [3.8, 4) is 0 Å². The van der Waals surface area contributed by atoms with Crippen molar-refractivity contribution in [3.63, 3.8) is 0 Å². The van der Waals surface area contributed by atoms with E-state index in [0.29, 0.717) is 24.3 Å². The number of hydrogen-bond donors (Lipinski definition) is 1. The molecule has 4 bridgehead atoms.